The summed E-state index contributed by atoms with van der Waals surface area (Å²) in [6, 6.07) is 0. The van der Waals surface area contributed by atoms with E-state index in [4.69, 9.17) is 20.1 Å². The Morgan fingerprint density at radius 3 is 2.40 bits per heavy atom. The van der Waals surface area contributed by atoms with Crippen molar-refractivity contribution in [3.63, 3.8) is 0 Å². The van der Waals surface area contributed by atoms with Crippen LogP contribution in [0, 0.1) is 0 Å². The van der Waals surface area contributed by atoms with Gasteiger partial charge in [-0.25, -0.2) is 0 Å². The molecule has 0 amide bonds. The number of hydrogen-bond donors (Lipinski definition) is 3. The van der Waals surface area contributed by atoms with Gasteiger partial charge in [0.2, 0.25) is 0 Å². The van der Waals surface area contributed by atoms with E-state index >= 15 is 0 Å². The van der Waals surface area contributed by atoms with Crippen molar-refractivity contribution in [1.82, 2.24) is 0 Å². The highest BCUT2D eigenvalue weighted by Gasteiger charge is 2.32. The van der Waals surface area contributed by atoms with Gasteiger partial charge in [0.1, 0.15) is 6.10 Å². The molecule has 0 aromatic heterocycles. The second kappa shape index (κ2) is 2.84. The summed E-state index contributed by atoms with van der Waals surface area (Å²) in [6.45, 7) is 1.61. The molecule has 1 rings (SSSR count). The zero-order valence-corrected chi connectivity index (χ0v) is 5.77. The summed E-state index contributed by atoms with van der Waals surface area (Å²) in [5.41, 5.74) is 0. The smallest absolute Gasteiger partial charge is 0.157 e. The number of ether oxygens (including phenoxy) is 1. The third kappa shape index (κ3) is 1.46. The van der Waals surface area contributed by atoms with E-state index in [1.165, 1.54) is 0 Å². The average molecular weight is 148 g/mol. The Labute approximate surface area is 59.1 Å². The number of aliphatic hydroxyl groups is 3. The Morgan fingerprint density at radius 2 is 1.90 bits per heavy atom. The summed E-state index contributed by atoms with van der Waals surface area (Å²) in [5, 5.41) is 27.0. The first-order valence-electron chi connectivity index (χ1n) is 3.31. The van der Waals surface area contributed by atoms with Crippen LogP contribution in [-0.2, 0) is 4.74 Å². The molecule has 0 aromatic rings. The Hall–Kier alpha value is -0.160. The Bertz CT molecular complexity index is 104. The molecule has 4 atom stereocenters. The van der Waals surface area contributed by atoms with Gasteiger partial charge in [-0.15, -0.1) is 0 Å². The fourth-order valence-electron chi connectivity index (χ4n) is 1.04. The van der Waals surface area contributed by atoms with Crippen molar-refractivity contribution in [1.29, 1.82) is 0 Å². The quantitative estimate of drug-likeness (QED) is 0.405. The van der Waals surface area contributed by atoms with Crippen LogP contribution in [0.4, 0.5) is 0 Å². The molecule has 60 valence electrons. The highest BCUT2D eigenvalue weighted by atomic mass is 16.6. The molecule has 1 fully saturated rings. The van der Waals surface area contributed by atoms with Crippen LogP contribution in [0.1, 0.15) is 13.3 Å². The molecule has 1 saturated heterocycles. The minimum atomic E-state index is -0.937. The van der Waals surface area contributed by atoms with Crippen molar-refractivity contribution in [2.45, 2.75) is 37.9 Å². The van der Waals surface area contributed by atoms with Gasteiger partial charge >= 0.3 is 0 Å². The summed E-state index contributed by atoms with van der Waals surface area (Å²) in [7, 11) is 0. The van der Waals surface area contributed by atoms with Crippen molar-refractivity contribution in [3.8, 4) is 0 Å². The molecule has 1 heterocycles. The lowest BCUT2D eigenvalue weighted by Crippen LogP contribution is -2.46. The van der Waals surface area contributed by atoms with Gasteiger partial charge in [-0.1, -0.05) is 0 Å². The molecular weight excluding hydrogens is 136 g/mol. The van der Waals surface area contributed by atoms with Crippen LogP contribution in [0.15, 0.2) is 0 Å². The number of hydrogen-bond acceptors (Lipinski definition) is 4. The summed E-state index contributed by atoms with van der Waals surface area (Å²) < 4.78 is 4.81. The molecule has 0 radical (unpaired) electrons. The Balaban J connectivity index is 2.49. The van der Waals surface area contributed by atoms with Crippen LogP contribution < -0.4 is 0 Å². The van der Waals surface area contributed by atoms with Gasteiger partial charge in [-0.2, -0.15) is 0 Å². The number of rotatable bonds is 0. The zero-order chi connectivity index (χ0) is 7.72. The lowest BCUT2D eigenvalue weighted by atomic mass is 10.0. The molecule has 0 spiro atoms. The summed E-state index contributed by atoms with van der Waals surface area (Å²) >= 11 is 0. The fraction of sp³-hybridized carbons (Fsp3) is 1.00. The van der Waals surface area contributed by atoms with Crippen LogP contribution in [-0.4, -0.2) is 39.9 Å². The molecule has 0 saturated carbocycles. The van der Waals surface area contributed by atoms with Crippen LogP contribution in [0.25, 0.3) is 0 Å². The first-order chi connectivity index (χ1) is 4.61. The molecule has 10 heavy (non-hydrogen) atoms. The minimum absolute atomic E-state index is 0.0888. The van der Waals surface area contributed by atoms with Crippen molar-refractivity contribution >= 4 is 0 Å². The highest BCUT2D eigenvalue weighted by molar-refractivity contribution is 4.78. The van der Waals surface area contributed by atoms with E-state index in [1.54, 1.807) is 6.92 Å². The molecule has 4 nitrogen and oxygen atoms in total. The largest absolute Gasteiger partial charge is 0.390 e. The predicted molar refractivity (Wildman–Crippen MR) is 33.2 cm³/mol. The second-order valence-corrected chi connectivity index (χ2v) is 2.59. The normalized spacial score (nSPS) is 49.2. The highest BCUT2D eigenvalue weighted by Crippen LogP contribution is 2.17. The number of aliphatic hydroxyl groups excluding tert-OH is 3. The summed E-state index contributed by atoms with van der Waals surface area (Å²) in [6.07, 6.45) is -3.07. The van der Waals surface area contributed by atoms with Crippen LogP contribution in [0.2, 0.25) is 0 Å². The van der Waals surface area contributed by atoms with Crippen molar-refractivity contribution in [3.05, 3.63) is 0 Å². The van der Waals surface area contributed by atoms with E-state index in [0.717, 1.165) is 0 Å². The third-order valence-corrected chi connectivity index (χ3v) is 1.69. The minimum Gasteiger partial charge on any atom is -0.390 e. The van der Waals surface area contributed by atoms with Gasteiger partial charge < -0.3 is 20.1 Å². The van der Waals surface area contributed by atoms with E-state index in [2.05, 4.69) is 0 Å². The summed E-state index contributed by atoms with van der Waals surface area (Å²) in [5.74, 6) is 0. The van der Waals surface area contributed by atoms with Crippen LogP contribution in [0.5, 0.6) is 0 Å². The van der Waals surface area contributed by atoms with E-state index in [9.17, 15) is 0 Å². The Morgan fingerprint density at radius 1 is 1.30 bits per heavy atom. The monoisotopic (exact) mass is 148 g/mol. The first-order valence-corrected chi connectivity index (χ1v) is 3.31. The topological polar surface area (TPSA) is 69.9 Å². The van der Waals surface area contributed by atoms with E-state index in [1.807, 2.05) is 0 Å². The zero-order valence-electron chi connectivity index (χ0n) is 5.77. The van der Waals surface area contributed by atoms with Crippen molar-refractivity contribution in [2.24, 2.45) is 0 Å². The van der Waals surface area contributed by atoms with Gasteiger partial charge in [-0.05, 0) is 6.92 Å². The van der Waals surface area contributed by atoms with Crippen LogP contribution >= 0.6 is 0 Å². The van der Waals surface area contributed by atoms with Crippen molar-refractivity contribution in [2.75, 3.05) is 0 Å². The van der Waals surface area contributed by atoms with Crippen LogP contribution in [0.3, 0.4) is 0 Å². The summed E-state index contributed by atoms with van der Waals surface area (Å²) in [4.78, 5) is 0. The van der Waals surface area contributed by atoms with E-state index in [0.29, 0.717) is 0 Å². The van der Waals surface area contributed by atoms with Gasteiger partial charge in [0.25, 0.3) is 0 Å². The molecule has 0 bridgehead atoms. The lowest BCUT2D eigenvalue weighted by Gasteiger charge is -2.32. The molecular formula is C6H12O4. The molecule has 4 heteroatoms. The van der Waals surface area contributed by atoms with E-state index < -0.39 is 24.6 Å². The third-order valence-electron chi connectivity index (χ3n) is 1.69. The molecule has 3 N–H and O–H groups in total. The van der Waals surface area contributed by atoms with Crippen molar-refractivity contribution < 1.29 is 20.1 Å². The lowest BCUT2D eigenvalue weighted by molar-refractivity contribution is -0.226. The predicted octanol–water partition coefficient (Wildman–Crippen LogP) is -1.16. The Kier molecular flexibility index (Phi) is 2.25. The molecule has 0 aliphatic carbocycles. The second-order valence-electron chi connectivity index (χ2n) is 2.59. The van der Waals surface area contributed by atoms with Gasteiger partial charge in [0.15, 0.2) is 6.29 Å². The van der Waals surface area contributed by atoms with E-state index in [-0.39, 0.29) is 6.42 Å². The maximum absolute atomic E-state index is 9.08. The van der Waals surface area contributed by atoms with Gasteiger partial charge in [0, 0.05) is 6.42 Å². The fourth-order valence-corrected chi connectivity index (χ4v) is 1.04. The average Bonchev–Trinajstić information content (AvgIpc) is 1.82. The maximum Gasteiger partial charge on any atom is 0.157 e. The molecule has 0 aromatic carbocycles. The maximum atomic E-state index is 9.08. The first kappa shape index (κ1) is 7.94. The molecule has 1 aliphatic heterocycles. The standard InChI is InChI=1S/C6H12O4/c1-3-6(9)4(7)2-5(8)10-3/h3-9H,2H2,1H3/t3?,4?,5?,6-/m1/s1. The van der Waals surface area contributed by atoms with Gasteiger partial charge in [0.05, 0.1) is 12.2 Å². The molecule has 1 aliphatic rings. The molecule has 3 unspecified atom stereocenters. The SMILES string of the molecule is CC1OC(O)CC(O)[C@@H]1O. The van der Waals surface area contributed by atoms with Gasteiger partial charge in [-0.3, -0.25) is 0 Å².